The number of rotatable bonds is 8. The Kier molecular flexibility index (Phi) is 6.22. The third-order valence-corrected chi connectivity index (χ3v) is 4.00. The molecule has 21 heavy (non-hydrogen) atoms. The van der Waals surface area contributed by atoms with Crippen LogP contribution >= 0.6 is 11.5 Å². The molecular weight excluding hydrogens is 286 g/mol. The summed E-state index contributed by atoms with van der Waals surface area (Å²) in [5, 5.41) is 1.79. The normalized spacial score (nSPS) is 10.5. The van der Waals surface area contributed by atoms with Crippen LogP contribution < -0.4 is 5.56 Å². The van der Waals surface area contributed by atoms with Gasteiger partial charge >= 0.3 is 5.97 Å². The second kappa shape index (κ2) is 8.42. The minimum Gasteiger partial charge on any atom is -0.461 e. The lowest BCUT2D eigenvalue weighted by Crippen LogP contribution is -2.11. The number of aryl methyl sites for hydroxylation is 1. The van der Waals surface area contributed by atoms with Gasteiger partial charge in [0, 0.05) is 24.4 Å². The predicted molar refractivity (Wildman–Crippen MR) is 83.3 cm³/mol. The van der Waals surface area contributed by atoms with Crippen LogP contribution in [0.4, 0.5) is 0 Å². The molecule has 0 N–H and O–H groups in total. The summed E-state index contributed by atoms with van der Waals surface area (Å²) in [5.74, 6) is -0.160. The Balaban J connectivity index is 1.55. The maximum atomic E-state index is 11.6. The van der Waals surface area contributed by atoms with E-state index < -0.39 is 0 Å². The summed E-state index contributed by atoms with van der Waals surface area (Å²) in [6.07, 6.45) is 3.07. The molecule has 0 amide bonds. The largest absolute Gasteiger partial charge is 0.461 e. The molecule has 1 aromatic heterocycles. The van der Waals surface area contributed by atoms with Crippen molar-refractivity contribution in [3.63, 3.8) is 0 Å². The van der Waals surface area contributed by atoms with Gasteiger partial charge in [0.25, 0.3) is 5.56 Å². The number of carbonyl (C=O) groups is 1. The highest BCUT2D eigenvalue weighted by molar-refractivity contribution is 7.04. The lowest BCUT2D eigenvalue weighted by atomic mass is 10.2. The molecule has 2 aromatic rings. The minimum absolute atomic E-state index is 0.0577. The van der Waals surface area contributed by atoms with Crippen LogP contribution in [0.5, 0.6) is 0 Å². The molecule has 0 saturated heterocycles. The van der Waals surface area contributed by atoms with Crippen LogP contribution in [0.15, 0.2) is 46.6 Å². The summed E-state index contributed by atoms with van der Waals surface area (Å²) in [6, 6.07) is 11.2. The first kappa shape index (κ1) is 15.5. The number of esters is 1. The lowest BCUT2D eigenvalue weighted by molar-refractivity contribution is -0.145. The van der Waals surface area contributed by atoms with Crippen molar-refractivity contribution in [1.82, 2.24) is 3.96 Å². The van der Waals surface area contributed by atoms with Crippen molar-refractivity contribution in [3.05, 3.63) is 57.7 Å². The predicted octanol–water partition coefficient (Wildman–Crippen LogP) is 3.21. The number of hydrogen-bond donors (Lipinski definition) is 0. The molecule has 1 heterocycles. The number of ether oxygens (including phenoxy) is 1. The third-order valence-electron chi connectivity index (χ3n) is 3.13. The fourth-order valence-corrected chi connectivity index (χ4v) is 2.70. The SMILES string of the molecule is O=C(CCCCCn1sccc1=O)OCc1ccccc1. The van der Waals surface area contributed by atoms with Gasteiger partial charge < -0.3 is 4.74 Å². The summed E-state index contributed by atoms with van der Waals surface area (Å²) >= 11 is 1.43. The van der Waals surface area contributed by atoms with E-state index in [1.165, 1.54) is 11.5 Å². The van der Waals surface area contributed by atoms with Crippen LogP contribution in [0.3, 0.4) is 0 Å². The number of aromatic nitrogens is 1. The highest BCUT2D eigenvalue weighted by atomic mass is 32.1. The van der Waals surface area contributed by atoms with Crippen molar-refractivity contribution in [2.75, 3.05) is 0 Å². The molecule has 0 aliphatic carbocycles. The highest BCUT2D eigenvalue weighted by Gasteiger charge is 2.03. The molecule has 112 valence electrons. The van der Waals surface area contributed by atoms with Crippen molar-refractivity contribution in [2.24, 2.45) is 0 Å². The van der Waals surface area contributed by atoms with Gasteiger partial charge in [0.15, 0.2) is 0 Å². The molecule has 0 bridgehead atoms. The first-order chi connectivity index (χ1) is 10.3. The summed E-state index contributed by atoms with van der Waals surface area (Å²) in [7, 11) is 0. The lowest BCUT2D eigenvalue weighted by Gasteiger charge is -2.05. The number of unbranched alkanes of at least 4 members (excludes halogenated alkanes) is 2. The zero-order valence-electron chi connectivity index (χ0n) is 11.9. The summed E-state index contributed by atoms with van der Waals surface area (Å²) < 4.78 is 6.94. The average molecular weight is 305 g/mol. The molecule has 2 rings (SSSR count). The molecule has 0 atom stereocenters. The molecule has 0 aliphatic heterocycles. The molecule has 0 saturated carbocycles. The number of carbonyl (C=O) groups excluding carboxylic acids is 1. The van der Waals surface area contributed by atoms with Gasteiger partial charge in [0.1, 0.15) is 6.61 Å². The van der Waals surface area contributed by atoms with Crippen molar-refractivity contribution < 1.29 is 9.53 Å². The molecule has 0 fully saturated rings. The van der Waals surface area contributed by atoms with Crippen molar-refractivity contribution >= 4 is 17.5 Å². The van der Waals surface area contributed by atoms with E-state index in [0.29, 0.717) is 13.0 Å². The van der Waals surface area contributed by atoms with E-state index in [1.807, 2.05) is 30.3 Å². The zero-order valence-corrected chi connectivity index (χ0v) is 12.7. The molecule has 1 aromatic carbocycles. The second-order valence-electron chi connectivity index (χ2n) is 4.81. The van der Waals surface area contributed by atoms with Crippen LogP contribution in [0, 0.1) is 0 Å². The van der Waals surface area contributed by atoms with Gasteiger partial charge in [-0.25, -0.2) is 0 Å². The Morgan fingerprint density at radius 3 is 2.62 bits per heavy atom. The maximum Gasteiger partial charge on any atom is 0.306 e. The summed E-state index contributed by atoms with van der Waals surface area (Å²) in [6.45, 7) is 1.07. The van der Waals surface area contributed by atoms with Gasteiger partial charge in [-0.1, -0.05) is 48.3 Å². The smallest absolute Gasteiger partial charge is 0.306 e. The van der Waals surface area contributed by atoms with Crippen LogP contribution in [-0.2, 0) is 22.7 Å². The monoisotopic (exact) mass is 305 g/mol. The highest BCUT2D eigenvalue weighted by Crippen LogP contribution is 2.06. The maximum absolute atomic E-state index is 11.6. The molecule has 5 heteroatoms. The van der Waals surface area contributed by atoms with Crippen LogP contribution in [-0.4, -0.2) is 9.93 Å². The van der Waals surface area contributed by atoms with Gasteiger partial charge in [-0.05, 0) is 18.4 Å². The van der Waals surface area contributed by atoms with Crippen LogP contribution in [0.25, 0.3) is 0 Å². The number of nitrogens with zero attached hydrogens (tertiary/aromatic N) is 1. The molecule has 4 nitrogen and oxygen atoms in total. The molecule has 0 unspecified atom stereocenters. The Bertz CT molecular complexity index is 603. The minimum atomic E-state index is -0.160. The van der Waals surface area contributed by atoms with Gasteiger partial charge in [-0.2, -0.15) is 0 Å². The molecule has 0 spiro atoms. The van der Waals surface area contributed by atoms with E-state index in [4.69, 9.17) is 4.74 Å². The second-order valence-corrected chi connectivity index (χ2v) is 5.73. The Labute approximate surface area is 128 Å². The van der Waals surface area contributed by atoms with E-state index in [-0.39, 0.29) is 11.5 Å². The average Bonchev–Trinajstić information content (AvgIpc) is 2.91. The van der Waals surface area contributed by atoms with E-state index in [2.05, 4.69) is 0 Å². The van der Waals surface area contributed by atoms with Gasteiger partial charge in [-0.15, -0.1) is 0 Å². The van der Waals surface area contributed by atoms with E-state index >= 15 is 0 Å². The first-order valence-electron chi connectivity index (χ1n) is 7.10. The van der Waals surface area contributed by atoms with Crippen molar-refractivity contribution in [3.8, 4) is 0 Å². The molecular formula is C16H19NO3S. The van der Waals surface area contributed by atoms with Crippen LogP contribution in [0.1, 0.15) is 31.2 Å². The number of hydrogen-bond acceptors (Lipinski definition) is 4. The standard InChI is InChI=1S/C16H19NO3S/c18-15-10-12-21-17(15)11-6-2-5-9-16(19)20-13-14-7-3-1-4-8-14/h1,3-4,7-8,10,12H,2,5-6,9,11,13H2. The fourth-order valence-electron chi connectivity index (χ4n) is 1.97. The van der Waals surface area contributed by atoms with E-state index in [1.54, 1.807) is 15.4 Å². The first-order valence-corrected chi connectivity index (χ1v) is 7.94. The van der Waals surface area contributed by atoms with Crippen LogP contribution in [0.2, 0.25) is 0 Å². The zero-order chi connectivity index (χ0) is 14.9. The molecule has 0 radical (unpaired) electrons. The summed E-state index contributed by atoms with van der Waals surface area (Å²) in [4.78, 5) is 22.9. The van der Waals surface area contributed by atoms with Gasteiger partial charge in [0.2, 0.25) is 0 Å². The van der Waals surface area contributed by atoms with Gasteiger partial charge in [-0.3, -0.25) is 13.5 Å². The number of benzene rings is 1. The topological polar surface area (TPSA) is 48.3 Å². The Morgan fingerprint density at radius 1 is 1.10 bits per heavy atom. The van der Waals surface area contributed by atoms with Crippen molar-refractivity contribution in [2.45, 2.75) is 38.8 Å². The quantitative estimate of drug-likeness (QED) is 0.556. The Hall–Kier alpha value is -1.88. The van der Waals surface area contributed by atoms with Gasteiger partial charge in [0.05, 0.1) is 0 Å². The van der Waals surface area contributed by atoms with Crippen molar-refractivity contribution in [1.29, 1.82) is 0 Å². The summed E-state index contributed by atoms with van der Waals surface area (Å²) in [5.41, 5.74) is 1.06. The third kappa shape index (κ3) is 5.55. The molecule has 0 aliphatic rings. The van der Waals surface area contributed by atoms with E-state index in [9.17, 15) is 9.59 Å². The fraction of sp³-hybridized carbons (Fsp3) is 0.375. The Morgan fingerprint density at radius 2 is 1.90 bits per heavy atom. The van der Waals surface area contributed by atoms with E-state index in [0.717, 1.165) is 31.4 Å².